The van der Waals surface area contributed by atoms with Crippen LogP contribution in [0.15, 0.2) is 54.6 Å². The Kier molecular flexibility index (Phi) is 5.90. The zero-order chi connectivity index (χ0) is 21.1. The summed E-state index contributed by atoms with van der Waals surface area (Å²) in [7, 11) is -1.21. The Balaban J connectivity index is 1.59. The molecular weight excluding hydrogens is 377 g/mol. The van der Waals surface area contributed by atoms with Crippen molar-refractivity contribution in [2.45, 2.75) is 45.0 Å². The maximum atomic E-state index is 12.0. The Morgan fingerprint density at radius 3 is 2.31 bits per heavy atom. The number of carbonyl (C=O) groups excluding carboxylic acids is 1. The molecule has 1 aliphatic heterocycles. The summed E-state index contributed by atoms with van der Waals surface area (Å²) in [5, 5.41) is 10.8. The molecular formula is C20H22BNO7. The third kappa shape index (κ3) is 4.93. The number of rotatable bonds is 6. The fourth-order valence-corrected chi connectivity index (χ4v) is 3.00. The van der Waals surface area contributed by atoms with Gasteiger partial charge in [0.15, 0.2) is 0 Å². The molecule has 0 amide bonds. The van der Waals surface area contributed by atoms with Gasteiger partial charge < -0.3 is 18.7 Å². The molecule has 0 spiro atoms. The summed E-state index contributed by atoms with van der Waals surface area (Å²) in [5.74, 6) is 0. The Bertz CT molecular complexity index is 872. The number of carbonyl (C=O) groups is 1. The van der Waals surface area contributed by atoms with Crippen molar-refractivity contribution in [1.29, 1.82) is 0 Å². The second-order valence-corrected chi connectivity index (χ2v) is 7.51. The lowest BCUT2D eigenvalue weighted by Gasteiger charge is -2.35. The number of hydrogen-bond acceptors (Lipinski definition) is 7. The van der Waals surface area contributed by atoms with E-state index in [0.29, 0.717) is 6.42 Å². The van der Waals surface area contributed by atoms with Crippen molar-refractivity contribution < 1.29 is 28.4 Å². The average Bonchev–Trinajstić information content (AvgIpc) is 2.89. The van der Waals surface area contributed by atoms with Crippen molar-refractivity contribution in [2.24, 2.45) is 0 Å². The molecule has 0 radical (unpaired) electrons. The first-order valence-electron chi connectivity index (χ1n) is 9.15. The fraction of sp³-hybridized carbons (Fsp3) is 0.350. The van der Waals surface area contributed by atoms with Crippen LogP contribution in [-0.4, -0.2) is 29.6 Å². The third-order valence-electron chi connectivity index (χ3n) is 5.10. The van der Waals surface area contributed by atoms with E-state index in [1.54, 1.807) is 12.1 Å². The van der Waals surface area contributed by atoms with Gasteiger partial charge >= 0.3 is 13.5 Å². The Hall–Kier alpha value is -2.91. The molecule has 0 aliphatic carbocycles. The summed E-state index contributed by atoms with van der Waals surface area (Å²) < 4.78 is 21.9. The molecule has 1 heterocycles. The number of nitro groups is 1. The number of ether oxygens (including phenoxy) is 1. The van der Waals surface area contributed by atoms with Gasteiger partial charge in [0.05, 0.1) is 16.1 Å². The van der Waals surface area contributed by atoms with Gasteiger partial charge in [0.25, 0.3) is 5.69 Å². The van der Waals surface area contributed by atoms with E-state index >= 15 is 0 Å². The van der Waals surface area contributed by atoms with Crippen LogP contribution in [0.3, 0.4) is 0 Å². The molecule has 0 N–H and O–H groups in total. The van der Waals surface area contributed by atoms with Crippen molar-refractivity contribution in [1.82, 2.24) is 0 Å². The number of hydrogen-bond donors (Lipinski definition) is 0. The smallest absolute Gasteiger partial charge is 0.452 e. The van der Waals surface area contributed by atoms with Crippen molar-refractivity contribution in [3.05, 3.63) is 75.8 Å². The van der Waals surface area contributed by atoms with Crippen LogP contribution in [0.1, 0.15) is 31.9 Å². The largest absolute Gasteiger partial charge is 0.718 e. The third-order valence-corrected chi connectivity index (χ3v) is 5.10. The second-order valence-electron chi connectivity index (χ2n) is 7.51. The molecule has 1 fully saturated rings. The molecule has 1 saturated heterocycles. The van der Waals surface area contributed by atoms with Gasteiger partial charge in [-0.15, -0.1) is 0 Å². The molecule has 2 aromatic rings. The molecule has 1 atom stereocenters. The van der Waals surface area contributed by atoms with E-state index in [0.717, 1.165) is 11.1 Å². The number of nitrogens with zero attached hydrogens (tertiary/aromatic N) is 1. The van der Waals surface area contributed by atoms with Crippen LogP contribution in [0, 0.1) is 10.1 Å². The highest BCUT2D eigenvalue weighted by Gasteiger charge is 2.57. The Morgan fingerprint density at radius 2 is 1.69 bits per heavy atom. The van der Waals surface area contributed by atoms with Crippen LogP contribution in [0.25, 0.3) is 0 Å². The first-order chi connectivity index (χ1) is 13.7. The topological polar surface area (TPSA) is 97.1 Å². The van der Waals surface area contributed by atoms with Crippen molar-refractivity contribution >= 4 is 19.2 Å². The standard InChI is InChI=1S/C20H22BNO7/c1-19(2)20(3,13-15-9-11-17(12-10-15)22(24)25)29-21(28-19)27-18(23)26-14-16-7-5-4-6-8-16/h4-12H,13-14H2,1-3H3. The van der Waals surface area contributed by atoms with E-state index in [2.05, 4.69) is 0 Å². The molecule has 3 rings (SSSR count). The maximum absolute atomic E-state index is 12.0. The SMILES string of the molecule is CC1(C)OB(OC(=O)OCc2ccccc2)OC1(C)Cc1ccc([N+](=O)[O-])cc1. The molecule has 152 valence electrons. The fourth-order valence-electron chi connectivity index (χ4n) is 3.00. The van der Waals surface area contributed by atoms with Gasteiger partial charge in [-0.1, -0.05) is 42.5 Å². The van der Waals surface area contributed by atoms with Gasteiger partial charge in [0, 0.05) is 18.6 Å². The minimum atomic E-state index is -1.21. The predicted octanol–water partition coefficient (Wildman–Crippen LogP) is 4.06. The molecule has 8 nitrogen and oxygen atoms in total. The zero-order valence-corrected chi connectivity index (χ0v) is 16.5. The van der Waals surface area contributed by atoms with Crippen LogP contribution in [0.4, 0.5) is 10.5 Å². The van der Waals surface area contributed by atoms with E-state index in [4.69, 9.17) is 18.7 Å². The van der Waals surface area contributed by atoms with Gasteiger partial charge in [0.2, 0.25) is 0 Å². The molecule has 0 aromatic heterocycles. The van der Waals surface area contributed by atoms with Crippen LogP contribution < -0.4 is 0 Å². The highest BCUT2D eigenvalue weighted by molar-refractivity contribution is 6.40. The van der Waals surface area contributed by atoms with E-state index < -0.39 is 29.6 Å². The molecule has 0 saturated carbocycles. The minimum absolute atomic E-state index is 0.0177. The van der Waals surface area contributed by atoms with Crippen LogP contribution >= 0.6 is 0 Å². The summed E-state index contributed by atoms with van der Waals surface area (Å²) in [6, 6.07) is 15.5. The lowest BCUT2D eigenvalue weighted by Crippen LogP contribution is -2.46. The Labute approximate surface area is 169 Å². The highest BCUT2D eigenvalue weighted by atomic mass is 16.8. The van der Waals surface area contributed by atoms with Gasteiger partial charge in [-0.2, -0.15) is 0 Å². The summed E-state index contributed by atoms with van der Waals surface area (Å²) in [4.78, 5) is 22.3. The van der Waals surface area contributed by atoms with Gasteiger partial charge in [-0.05, 0) is 31.9 Å². The van der Waals surface area contributed by atoms with Crippen LogP contribution in [-0.2, 0) is 31.7 Å². The average molecular weight is 399 g/mol. The Morgan fingerprint density at radius 1 is 1.03 bits per heavy atom. The minimum Gasteiger partial charge on any atom is -0.452 e. The first kappa shape index (κ1) is 20.8. The normalized spacial score (nSPS) is 20.3. The second kappa shape index (κ2) is 8.22. The van der Waals surface area contributed by atoms with Crippen LogP contribution in [0.2, 0.25) is 0 Å². The molecule has 2 aromatic carbocycles. The van der Waals surface area contributed by atoms with Gasteiger partial charge in [0.1, 0.15) is 6.61 Å². The molecule has 9 heteroatoms. The lowest BCUT2D eigenvalue weighted by atomic mass is 9.82. The number of nitro benzene ring substituents is 1. The number of non-ortho nitro benzene ring substituents is 1. The zero-order valence-electron chi connectivity index (χ0n) is 16.5. The summed E-state index contributed by atoms with van der Waals surface area (Å²) >= 11 is 0. The number of benzene rings is 2. The van der Waals surface area contributed by atoms with Crippen molar-refractivity contribution in [3.63, 3.8) is 0 Å². The highest BCUT2D eigenvalue weighted by Crippen LogP contribution is 2.40. The van der Waals surface area contributed by atoms with Crippen LogP contribution in [0.5, 0.6) is 0 Å². The van der Waals surface area contributed by atoms with Crippen molar-refractivity contribution in [2.75, 3.05) is 0 Å². The van der Waals surface area contributed by atoms with Crippen molar-refractivity contribution in [3.8, 4) is 0 Å². The summed E-state index contributed by atoms with van der Waals surface area (Å²) in [6.45, 7) is 5.58. The molecule has 29 heavy (non-hydrogen) atoms. The monoisotopic (exact) mass is 399 g/mol. The molecule has 1 unspecified atom stereocenters. The lowest BCUT2D eigenvalue weighted by molar-refractivity contribution is -0.384. The first-order valence-corrected chi connectivity index (χ1v) is 9.15. The predicted molar refractivity (Wildman–Crippen MR) is 105 cm³/mol. The molecule has 1 aliphatic rings. The molecule has 0 bridgehead atoms. The van der Waals surface area contributed by atoms with E-state index in [-0.39, 0.29) is 12.3 Å². The van der Waals surface area contributed by atoms with Gasteiger partial charge in [-0.3, -0.25) is 10.1 Å². The summed E-state index contributed by atoms with van der Waals surface area (Å²) in [6.07, 6.45) is -0.481. The maximum Gasteiger partial charge on any atom is 0.718 e. The van der Waals surface area contributed by atoms with Gasteiger partial charge in [-0.25, -0.2) is 4.79 Å². The summed E-state index contributed by atoms with van der Waals surface area (Å²) in [5.41, 5.74) is 0.0828. The van der Waals surface area contributed by atoms with E-state index in [1.807, 2.05) is 51.1 Å². The van der Waals surface area contributed by atoms with E-state index in [9.17, 15) is 14.9 Å². The quantitative estimate of drug-likeness (QED) is 0.313. The van der Waals surface area contributed by atoms with E-state index in [1.165, 1.54) is 12.1 Å².